The van der Waals surface area contributed by atoms with Crippen molar-refractivity contribution in [2.45, 2.75) is 12.8 Å². The SMILES string of the molecule is CC(C(=O)c1cc(Br)ccc1F)c1ccccn1. The van der Waals surface area contributed by atoms with Gasteiger partial charge in [0.1, 0.15) is 5.82 Å². The normalized spacial score (nSPS) is 12.2. The van der Waals surface area contributed by atoms with Crippen LogP contribution in [0.4, 0.5) is 4.39 Å². The standard InChI is InChI=1S/C14H11BrFNO/c1-9(13-4-2-3-7-17-13)14(18)11-8-10(15)5-6-12(11)16/h2-9H,1H3. The van der Waals surface area contributed by atoms with E-state index in [0.29, 0.717) is 10.2 Å². The summed E-state index contributed by atoms with van der Waals surface area (Å²) in [7, 11) is 0. The molecular formula is C14H11BrFNO. The fraction of sp³-hybridized carbons (Fsp3) is 0.143. The third-order valence-electron chi connectivity index (χ3n) is 2.72. The number of pyridine rings is 1. The second-order valence-corrected chi connectivity index (χ2v) is 4.88. The Hall–Kier alpha value is -1.55. The van der Waals surface area contributed by atoms with E-state index in [4.69, 9.17) is 0 Å². The first-order valence-electron chi connectivity index (χ1n) is 5.50. The Bertz CT molecular complexity index is 571. The van der Waals surface area contributed by atoms with Crippen LogP contribution in [0.5, 0.6) is 0 Å². The Balaban J connectivity index is 2.34. The molecular weight excluding hydrogens is 297 g/mol. The highest BCUT2D eigenvalue weighted by atomic mass is 79.9. The molecule has 1 aromatic heterocycles. The first kappa shape index (κ1) is 12.9. The number of rotatable bonds is 3. The first-order valence-corrected chi connectivity index (χ1v) is 6.29. The van der Waals surface area contributed by atoms with Crippen LogP contribution < -0.4 is 0 Å². The van der Waals surface area contributed by atoms with Crippen LogP contribution in [0.2, 0.25) is 0 Å². The highest BCUT2D eigenvalue weighted by Gasteiger charge is 2.21. The number of Topliss-reactive ketones (excluding diaryl/α,β-unsaturated/α-hetero) is 1. The van der Waals surface area contributed by atoms with E-state index in [1.165, 1.54) is 12.1 Å². The summed E-state index contributed by atoms with van der Waals surface area (Å²) >= 11 is 3.24. The molecule has 1 atom stereocenters. The van der Waals surface area contributed by atoms with Crippen LogP contribution in [0.25, 0.3) is 0 Å². The molecule has 0 N–H and O–H groups in total. The average molecular weight is 308 g/mol. The number of carbonyl (C=O) groups excluding carboxylic acids is 1. The number of ketones is 1. The Kier molecular flexibility index (Phi) is 3.87. The number of aromatic nitrogens is 1. The van der Waals surface area contributed by atoms with Gasteiger partial charge in [-0.1, -0.05) is 22.0 Å². The summed E-state index contributed by atoms with van der Waals surface area (Å²) in [5.74, 6) is -1.24. The largest absolute Gasteiger partial charge is 0.293 e. The van der Waals surface area contributed by atoms with E-state index in [1.807, 2.05) is 6.07 Å². The topological polar surface area (TPSA) is 30.0 Å². The number of halogens is 2. The molecule has 2 rings (SSSR count). The van der Waals surface area contributed by atoms with Gasteiger partial charge in [0.2, 0.25) is 0 Å². The van der Waals surface area contributed by atoms with Crippen molar-refractivity contribution in [3.63, 3.8) is 0 Å². The summed E-state index contributed by atoms with van der Waals surface area (Å²) in [5.41, 5.74) is 0.726. The molecule has 1 aromatic carbocycles. The van der Waals surface area contributed by atoms with Gasteiger partial charge < -0.3 is 0 Å². The molecule has 4 heteroatoms. The van der Waals surface area contributed by atoms with E-state index in [0.717, 1.165) is 0 Å². The zero-order valence-corrected chi connectivity index (χ0v) is 11.3. The van der Waals surface area contributed by atoms with Crippen LogP contribution in [0, 0.1) is 5.82 Å². The molecule has 0 aliphatic rings. The fourth-order valence-electron chi connectivity index (χ4n) is 1.69. The third kappa shape index (κ3) is 2.64. The van der Waals surface area contributed by atoms with Gasteiger partial charge >= 0.3 is 0 Å². The highest BCUT2D eigenvalue weighted by molar-refractivity contribution is 9.10. The third-order valence-corrected chi connectivity index (χ3v) is 3.21. The minimum Gasteiger partial charge on any atom is -0.293 e. The maximum Gasteiger partial charge on any atom is 0.174 e. The minimum absolute atomic E-state index is 0.0857. The van der Waals surface area contributed by atoms with Gasteiger partial charge in [0.05, 0.1) is 17.2 Å². The molecule has 2 aromatic rings. The van der Waals surface area contributed by atoms with Gasteiger partial charge in [0.25, 0.3) is 0 Å². The van der Waals surface area contributed by atoms with Crippen molar-refractivity contribution < 1.29 is 9.18 Å². The van der Waals surface area contributed by atoms with Crippen LogP contribution in [0.15, 0.2) is 47.1 Å². The zero-order valence-electron chi connectivity index (χ0n) is 9.73. The van der Waals surface area contributed by atoms with E-state index in [1.54, 1.807) is 31.3 Å². The van der Waals surface area contributed by atoms with Gasteiger partial charge in [-0.05, 0) is 37.3 Å². The Morgan fingerprint density at radius 2 is 2.11 bits per heavy atom. The van der Waals surface area contributed by atoms with Crippen molar-refractivity contribution in [2.75, 3.05) is 0 Å². The molecule has 0 saturated carbocycles. The van der Waals surface area contributed by atoms with Gasteiger partial charge in [-0.2, -0.15) is 0 Å². The van der Waals surface area contributed by atoms with E-state index in [-0.39, 0.29) is 11.3 Å². The van der Waals surface area contributed by atoms with E-state index in [2.05, 4.69) is 20.9 Å². The molecule has 1 unspecified atom stereocenters. The van der Waals surface area contributed by atoms with Crippen LogP contribution in [0.3, 0.4) is 0 Å². The molecule has 1 heterocycles. The number of hydrogen-bond donors (Lipinski definition) is 0. The Morgan fingerprint density at radius 3 is 2.78 bits per heavy atom. The van der Waals surface area contributed by atoms with Gasteiger partial charge in [0.15, 0.2) is 5.78 Å². The summed E-state index contributed by atoms with van der Waals surface area (Å²) in [6.07, 6.45) is 1.62. The molecule has 0 aliphatic carbocycles. The number of carbonyl (C=O) groups is 1. The predicted octanol–water partition coefficient (Wildman–Crippen LogP) is 3.97. The monoisotopic (exact) mass is 307 g/mol. The number of nitrogens with zero attached hydrogens (tertiary/aromatic N) is 1. The van der Waals surface area contributed by atoms with E-state index in [9.17, 15) is 9.18 Å². The minimum atomic E-state index is -0.508. The van der Waals surface area contributed by atoms with Gasteiger partial charge in [0, 0.05) is 10.7 Å². The lowest BCUT2D eigenvalue weighted by atomic mass is 9.95. The van der Waals surface area contributed by atoms with Crippen LogP contribution >= 0.6 is 15.9 Å². The molecule has 0 saturated heterocycles. The summed E-state index contributed by atoms with van der Waals surface area (Å²) in [6.45, 7) is 1.73. The molecule has 0 spiro atoms. The summed E-state index contributed by atoms with van der Waals surface area (Å²) < 4.78 is 14.3. The molecule has 0 radical (unpaired) electrons. The second kappa shape index (κ2) is 5.40. The molecule has 92 valence electrons. The Morgan fingerprint density at radius 1 is 1.33 bits per heavy atom. The summed E-state index contributed by atoms with van der Waals surface area (Å²) in [6, 6.07) is 9.69. The molecule has 0 bridgehead atoms. The second-order valence-electron chi connectivity index (χ2n) is 3.96. The lowest BCUT2D eigenvalue weighted by Crippen LogP contribution is -2.12. The molecule has 2 nitrogen and oxygen atoms in total. The lowest BCUT2D eigenvalue weighted by molar-refractivity contribution is 0.0960. The quantitative estimate of drug-likeness (QED) is 0.803. The number of hydrogen-bond acceptors (Lipinski definition) is 2. The van der Waals surface area contributed by atoms with E-state index < -0.39 is 11.7 Å². The van der Waals surface area contributed by atoms with Crippen molar-refractivity contribution in [1.29, 1.82) is 0 Å². The summed E-state index contributed by atoms with van der Waals surface area (Å²) in [4.78, 5) is 16.3. The molecule has 18 heavy (non-hydrogen) atoms. The maximum atomic E-state index is 13.6. The van der Waals surface area contributed by atoms with Crippen molar-refractivity contribution >= 4 is 21.7 Å². The van der Waals surface area contributed by atoms with Gasteiger partial charge in [-0.25, -0.2) is 4.39 Å². The number of benzene rings is 1. The van der Waals surface area contributed by atoms with Gasteiger partial charge in [-0.15, -0.1) is 0 Å². The maximum absolute atomic E-state index is 13.6. The molecule has 0 fully saturated rings. The van der Waals surface area contributed by atoms with Crippen LogP contribution in [0.1, 0.15) is 28.9 Å². The Labute approximate surface area is 113 Å². The fourth-order valence-corrected chi connectivity index (χ4v) is 2.05. The predicted molar refractivity (Wildman–Crippen MR) is 71.1 cm³/mol. The van der Waals surface area contributed by atoms with E-state index >= 15 is 0 Å². The smallest absolute Gasteiger partial charge is 0.174 e. The van der Waals surface area contributed by atoms with Crippen molar-refractivity contribution in [3.8, 4) is 0 Å². The first-order chi connectivity index (χ1) is 8.59. The van der Waals surface area contributed by atoms with Crippen LogP contribution in [-0.2, 0) is 0 Å². The van der Waals surface area contributed by atoms with Gasteiger partial charge in [-0.3, -0.25) is 9.78 Å². The zero-order chi connectivity index (χ0) is 13.1. The van der Waals surface area contributed by atoms with Crippen LogP contribution in [-0.4, -0.2) is 10.8 Å². The highest BCUT2D eigenvalue weighted by Crippen LogP contribution is 2.23. The van der Waals surface area contributed by atoms with Crippen molar-refractivity contribution in [1.82, 2.24) is 4.98 Å². The summed E-state index contributed by atoms with van der Waals surface area (Å²) in [5, 5.41) is 0. The molecule has 0 amide bonds. The lowest BCUT2D eigenvalue weighted by Gasteiger charge is -2.10. The average Bonchev–Trinajstić information content (AvgIpc) is 2.41. The molecule has 0 aliphatic heterocycles. The van der Waals surface area contributed by atoms with Crippen molar-refractivity contribution in [3.05, 3.63) is 64.1 Å². The van der Waals surface area contributed by atoms with Crippen molar-refractivity contribution in [2.24, 2.45) is 0 Å².